The monoisotopic (exact) mass is 272 g/mol. The zero-order chi connectivity index (χ0) is 10.8. The lowest BCUT2D eigenvalue weighted by Gasteiger charge is -2.21. The number of hydrogen-bond donors (Lipinski definition) is 0. The third-order valence-corrected chi connectivity index (χ3v) is 3.12. The van der Waals surface area contributed by atoms with Crippen LogP contribution in [-0.4, -0.2) is 12.6 Å². The molecule has 1 aromatic carbocycles. The fraction of sp³-hybridized carbons (Fsp3) is 0.364. The summed E-state index contributed by atoms with van der Waals surface area (Å²) >= 11 is 3.11. The first-order valence-corrected chi connectivity index (χ1v) is 5.59. The van der Waals surface area contributed by atoms with Crippen LogP contribution in [0.1, 0.15) is 24.3 Å². The van der Waals surface area contributed by atoms with Gasteiger partial charge in [-0.1, -0.05) is 6.07 Å². The minimum Gasteiger partial charge on any atom is -0.465 e. The lowest BCUT2D eigenvalue weighted by Crippen LogP contribution is -2.22. The second-order valence-corrected chi connectivity index (χ2v) is 4.39. The molecule has 1 aliphatic rings. The van der Waals surface area contributed by atoms with E-state index in [2.05, 4.69) is 15.9 Å². The summed E-state index contributed by atoms with van der Waals surface area (Å²) in [6, 6.07) is 4.64. The van der Waals surface area contributed by atoms with Gasteiger partial charge in [0.05, 0.1) is 17.0 Å². The Hall–Kier alpha value is -0.900. The third kappa shape index (κ3) is 2.20. The van der Waals surface area contributed by atoms with Crippen LogP contribution in [0, 0.1) is 5.82 Å². The fourth-order valence-corrected chi connectivity index (χ4v) is 2.11. The molecular weight excluding hydrogens is 263 g/mol. The summed E-state index contributed by atoms with van der Waals surface area (Å²) in [4.78, 5) is 11.5. The molecular formula is C11H10BrFO2. The van der Waals surface area contributed by atoms with E-state index in [0.717, 1.165) is 18.4 Å². The summed E-state index contributed by atoms with van der Waals surface area (Å²) in [5, 5.41) is 0. The molecule has 0 N–H and O–H groups in total. The Morgan fingerprint density at radius 3 is 2.93 bits per heavy atom. The Labute approximate surface area is 95.6 Å². The standard InChI is InChI=1S/C11H10BrFO2/c12-9-6-7(3-4-10(9)13)8-2-1-5-15-11(8)14/h3-4,6,8H,1-2,5H2. The highest BCUT2D eigenvalue weighted by molar-refractivity contribution is 9.10. The highest BCUT2D eigenvalue weighted by atomic mass is 79.9. The van der Waals surface area contributed by atoms with Gasteiger partial charge in [0, 0.05) is 0 Å². The number of hydrogen-bond acceptors (Lipinski definition) is 2. The van der Waals surface area contributed by atoms with Crippen LogP contribution >= 0.6 is 15.9 Å². The number of ether oxygens (including phenoxy) is 1. The Morgan fingerprint density at radius 2 is 2.27 bits per heavy atom. The normalized spacial score (nSPS) is 21.2. The molecule has 1 saturated heterocycles. The first-order valence-electron chi connectivity index (χ1n) is 4.80. The van der Waals surface area contributed by atoms with Crippen molar-refractivity contribution in [3.05, 3.63) is 34.1 Å². The maximum atomic E-state index is 13.0. The van der Waals surface area contributed by atoms with Crippen LogP contribution in [0.3, 0.4) is 0 Å². The number of rotatable bonds is 1. The van der Waals surface area contributed by atoms with Crippen molar-refractivity contribution in [2.75, 3.05) is 6.61 Å². The van der Waals surface area contributed by atoms with E-state index in [4.69, 9.17) is 4.74 Å². The van der Waals surface area contributed by atoms with Crippen LogP contribution in [-0.2, 0) is 9.53 Å². The number of esters is 1. The van der Waals surface area contributed by atoms with Gasteiger partial charge in [-0.3, -0.25) is 4.79 Å². The van der Waals surface area contributed by atoms with Crippen molar-refractivity contribution in [2.45, 2.75) is 18.8 Å². The summed E-state index contributed by atoms with van der Waals surface area (Å²) in [6.45, 7) is 0.498. The van der Waals surface area contributed by atoms with Crippen molar-refractivity contribution in [3.63, 3.8) is 0 Å². The molecule has 0 bridgehead atoms. The molecule has 2 nitrogen and oxygen atoms in total. The van der Waals surface area contributed by atoms with Crippen LogP contribution < -0.4 is 0 Å². The molecule has 0 saturated carbocycles. The number of carbonyl (C=O) groups is 1. The highest BCUT2D eigenvalue weighted by Gasteiger charge is 2.25. The van der Waals surface area contributed by atoms with Gasteiger partial charge in [-0.25, -0.2) is 4.39 Å². The van der Waals surface area contributed by atoms with Gasteiger partial charge in [-0.15, -0.1) is 0 Å². The van der Waals surface area contributed by atoms with Gasteiger partial charge in [0.2, 0.25) is 0 Å². The minimum atomic E-state index is -0.317. The van der Waals surface area contributed by atoms with E-state index >= 15 is 0 Å². The molecule has 1 unspecified atom stereocenters. The van der Waals surface area contributed by atoms with E-state index in [1.165, 1.54) is 6.07 Å². The average molecular weight is 273 g/mol. The Kier molecular flexibility index (Phi) is 3.05. The number of carbonyl (C=O) groups excluding carboxylic acids is 1. The molecule has 0 aromatic heterocycles. The summed E-state index contributed by atoms with van der Waals surface area (Å²) in [5.74, 6) is -0.765. The van der Waals surface area contributed by atoms with Gasteiger partial charge < -0.3 is 4.74 Å². The summed E-state index contributed by atoms with van der Waals surface area (Å²) in [7, 11) is 0. The van der Waals surface area contributed by atoms with Crippen LogP contribution in [0.25, 0.3) is 0 Å². The molecule has 1 aliphatic heterocycles. The van der Waals surface area contributed by atoms with Gasteiger partial charge in [-0.2, -0.15) is 0 Å². The number of benzene rings is 1. The quantitative estimate of drug-likeness (QED) is 0.735. The van der Waals surface area contributed by atoms with Gasteiger partial charge in [-0.05, 0) is 46.5 Å². The van der Waals surface area contributed by atoms with Crippen molar-refractivity contribution >= 4 is 21.9 Å². The first-order chi connectivity index (χ1) is 7.18. The second kappa shape index (κ2) is 4.31. The predicted octanol–water partition coefficient (Wildman–Crippen LogP) is 3.01. The van der Waals surface area contributed by atoms with E-state index in [1.54, 1.807) is 12.1 Å². The molecule has 1 fully saturated rings. The van der Waals surface area contributed by atoms with Crippen molar-refractivity contribution in [2.24, 2.45) is 0 Å². The van der Waals surface area contributed by atoms with Crippen molar-refractivity contribution < 1.29 is 13.9 Å². The zero-order valence-electron chi connectivity index (χ0n) is 8.00. The molecule has 0 radical (unpaired) electrons. The van der Waals surface area contributed by atoms with Crippen LogP contribution in [0.4, 0.5) is 4.39 Å². The topological polar surface area (TPSA) is 26.3 Å². The molecule has 80 valence electrons. The smallest absolute Gasteiger partial charge is 0.313 e. The molecule has 15 heavy (non-hydrogen) atoms. The van der Waals surface area contributed by atoms with E-state index in [1.807, 2.05) is 0 Å². The molecule has 0 spiro atoms. The molecule has 1 atom stereocenters. The van der Waals surface area contributed by atoms with E-state index < -0.39 is 0 Å². The summed E-state index contributed by atoms with van der Waals surface area (Å²) in [5.41, 5.74) is 0.813. The Morgan fingerprint density at radius 1 is 1.47 bits per heavy atom. The molecule has 1 heterocycles. The third-order valence-electron chi connectivity index (χ3n) is 2.51. The van der Waals surface area contributed by atoms with Crippen LogP contribution in [0.5, 0.6) is 0 Å². The van der Waals surface area contributed by atoms with Crippen LogP contribution in [0.2, 0.25) is 0 Å². The van der Waals surface area contributed by atoms with Crippen molar-refractivity contribution in [1.82, 2.24) is 0 Å². The SMILES string of the molecule is O=C1OCCCC1c1ccc(F)c(Br)c1. The zero-order valence-corrected chi connectivity index (χ0v) is 9.59. The van der Waals surface area contributed by atoms with Crippen LogP contribution in [0.15, 0.2) is 22.7 Å². The fourth-order valence-electron chi connectivity index (χ4n) is 1.71. The lowest BCUT2D eigenvalue weighted by atomic mass is 9.93. The predicted molar refractivity (Wildman–Crippen MR) is 57.0 cm³/mol. The molecule has 0 aliphatic carbocycles. The Bertz CT molecular complexity index is 392. The maximum absolute atomic E-state index is 13.0. The molecule has 0 amide bonds. The Balaban J connectivity index is 2.28. The summed E-state index contributed by atoms with van der Waals surface area (Å²) < 4.78 is 18.4. The van der Waals surface area contributed by atoms with Gasteiger partial charge >= 0.3 is 5.97 Å². The largest absolute Gasteiger partial charge is 0.465 e. The molecule has 4 heteroatoms. The van der Waals surface area contributed by atoms with Crippen molar-refractivity contribution in [1.29, 1.82) is 0 Å². The van der Waals surface area contributed by atoms with Gasteiger partial charge in [0.15, 0.2) is 0 Å². The van der Waals surface area contributed by atoms with Crippen molar-refractivity contribution in [3.8, 4) is 0 Å². The van der Waals surface area contributed by atoms with E-state index in [-0.39, 0.29) is 17.7 Å². The van der Waals surface area contributed by atoms with E-state index in [9.17, 15) is 9.18 Å². The number of halogens is 2. The van der Waals surface area contributed by atoms with E-state index in [0.29, 0.717) is 11.1 Å². The second-order valence-electron chi connectivity index (χ2n) is 3.54. The summed E-state index contributed by atoms with van der Waals surface area (Å²) in [6.07, 6.45) is 1.64. The van der Waals surface area contributed by atoms with Gasteiger partial charge in [0.1, 0.15) is 5.82 Å². The molecule has 1 aromatic rings. The maximum Gasteiger partial charge on any atom is 0.313 e. The first kappa shape index (κ1) is 10.6. The molecule has 2 rings (SSSR count). The minimum absolute atomic E-state index is 0.209. The number of cyclic esters (lactones) is 1. The van der Waals surface area contributed by atoms with Gasteiger partial charge in [0.25, 0.3) is 0 Å². The highest BCUT2D eigenvalue weighted by Crippen LogP contribution is 2.29. The average Bonchev–Trinajstić information content (AvgIpc) is 2.23. The lowest BCUT2D eigenvalue weighted by molar-refractivity contribution is -0.149.